The number of rotatable bonds is 4. The summed E-state index contributed by atoms with van der Waals surface area (Å²) < 4.78 is 7.14. The molecule has 0 fully saturated rings. The Morgan fingerprint density at radius 1 is 0.815 bits per heavy atom. The Bertz CT molecular complexity index is 1190. The van der Waals surface area contributed by atoms with E-state index in [9.17, 15) is 14.9 Å². The van der Waals surface area contributed by atoms with E-state index in [4.69, 9.17) is 4.74 Å². The van der Waals surface area contributed by atoms with Gasteiger partial charge in [0.05, 0.1) is 10.4 Å². The summed E-state index contributed by atoms with van der Waals surface area (Å²) in [5.74, 6) is 0.363. The zero-order valence-corrected chi connectivity index (χ0v) is 14.1. The van der Waals surface area contributed by atoms with Crippen LogP contribution in [0.15, 0.2) is 89.7 Å². The first-order chi connectivity index (χ1) is 13.2. The van der Waals surface area contributed by atoms with E-state index in [0.29, 0.717) is 22.3 Å². The summed E-state index contributed by atoms with van der Waals surface area (Å²) in [6.45, 7) is 0. The van der Waals surface area contributed by atoms with Crippen molar-refractivity contribution in [1.82, 2.24) is 4.57 Å². The number of nitro groups is 1. The highest BCUT2D eigenvalue weighted by Gasteiger charge is 2.28. The Morgan fingerprint density at radius 3 is 2.07 bits per heavy atom. The third-order valence-corrected chi connectivity index (χ3v) is 4.17. The highest BCUT2D eigenvalue weighted by atomic mass is 16.6. The van der Waals surface area contributed by atoms with Crippen LogP contribution in [0.4, 0.5) is 5.69 Å². The molecule has 6 nitrogen and oxygen atoms in total. The molecule has 0 aliphatic carbocycles. The second-order valence-corrected chi connectivity index (χ2v) is 5.84. The fourth-order valence-electron chi connectivity index (χ4n) is 3.00. The lowest BCUT2D eigenvalue weighted by atomic mass is 10.1. The topological polar surface area (TPSA) is 74.4 Å². The van der Waals surface area contributed by atoms with Crippen LogP contribution in [-0.2, 0) is 0 Å². The van der Waals surface area contributed by atoms with Crippen LogP contribution in [-0.4, -0.2) is 9.49 Å². The number of ether oxygens (including phenoxy) is 1. The van der Waals surface area contributed by atoms with Crippen LogP contribution in [0.3, 0.4) is 0 Å². The van der Waals surface area contributed by atoms with Gasteiger partial charge < -0.3 is 4.74 Å². The fraction of sp³-hybridized carbons (Fsp3) is 0. The number of pyridine rings is 1. The maximum atomic E-state index is 13.1. The van der Waals surface area contributed by atoms with E-state index >= 15 is 0 Å². The zero-order valence-electron chi connectivity index (χ0n) is 14.1. The number of nitrogens with zero attached hydrogens (tertiary/aromatic N) is 2. The molecule has 0 saturated carbocycles. The second-order valence-electron chi connectivity index (χ2n) is 5.84. The van der Waals surface area contributed by atoms with Crippen molar-refractivity contribution < 1.29 is 9.66 Å². The minimum atomic E-state index is -0.740. The monoisotopic (exact) mass is 358 g/mol. The standard InChI is InChI=1S/C21H14N2O4/c24-21-19(23(25)26)20(27-16-11-5-2-6-12-16)17-13-7-8-14-18(17)22(21)15-9-3-1-4-10-15/h1-14H. The van der Waals surface area contributed by atoms with Gasteiger partial charge in [-0.05, 0) is 36.4 Å². The molecule has 4 rings (SSSR count). The maximum absolute atomic E-state index is 13.1. The first kappa shape index (κ1) is 16.5. The van der Waals surface area contributed by atoms with Crippen molar-refractivity contribution in [3.05, 3.63) is 105 Å². The molecular weight excluding hydrogens is 344 g/mol. The number of benzene rings is 3. The Kier molecular flexibility index (Phi) is 4.14. The molecule has 1 aromatic heterocycles. The van der Waals surface area contributed by atoms with Crippen molar-refractivity contribution in [2.24, 2.45) is 0 Å². The average molecular weight is 358 g/mol. The van der Waals surface area contributed by atoms with Gasteiger partial charge in [-0.2, -0.15) is 0 Å². The number of para-hydroxylation sites is 3. The summed E-state index contributed by atoms with van der Waals surface area (Å²) >= 11 is 0. The van der Waals surface area contributed by atoms with E-state index in [1.54, 1.807) is 72.8 Å². The lowest BCUT2D eigenvalue weighted by Crippen LogP contribution is -2.22. The smallest absolute Gasteiger partial charge is 0.377 e. The summed E-state index contributed by atoms with van der Waals surface area (Å²) in [5.41, 5.74) is -0.254. The van der Waals surface area contributed by atoms with Gasteiger partial charge >= 0.3 is 11.2 Å². The van der Waals surface area contributed by atoms with Crippen molar-refractivity contribution in [2.45, 2.75) is 0 Å². The number of hydrogen-bond acceptors (Lipinski definition) is 4. The van der Waals surface area contributed by atoms with Crippen molar-refractivity contribution >= 4 is 16.6 Å². The lowest BCUT2D eigenvalue weighted by Gasteiger charge is -2.14. The summed E-state index contributed by atoms with van der Waals surface area (Å²) in [6.07, 6.45) is 0. The van der Waals surface area contributed by atoms with Gasteiger partial charge in [0.1, 0.15) is 5.75 Å². The Morgan fingerprint density at radius 2 is 1.41 bits per heavy atom. The molecule has 132 valence electrons. The van der Waals surface area contributed by atoms with Crippen LogP contribution < -0.4 is 10.3 Å². The van der Waals surface area contributed by atoms with Gasteiger partial charge in [0.15, 0.2) is 0 Å². The predicted octanol–water partition coefficient (Wildman–Crippen LogP) is 4.69. The molecule has 6 heteroatoms. The van der Waals surface area contributed by atoms with Crippen LogP contribution >= 0.6 is 0 Å². The van der Waals surface area contributed by atoms with E-state index in [1.165, 1.54) is 4.57 Å². The maximum Gasteiger partial charge on any atom is 0.377 e. The number of aromatic nitrogens is 1. The van der Waals surface area contributed by atoms with Gasteiger partial charge in [-0.1, -0.05) is 48.5 Å². The zero-order chi connectivity index (χ0) is 18.8. The molecule has 0 radical (unpaired) electrons. The largest absolute Gasteiger partial charge is 0.449 e. The van der Waals surface area contributed by atoms with E-state index in [1.807, 2.05) is 12.1 Å². The fourth-order valence-corrected chi connectivity index (χ4v) is 3.00. The van der Waals surface area contributed by atoms with E-state index in [2.05, 4.69) is 0 Å². The lowest BCUT2D eigenvalue weighted by molar-refractivity contribution is -0.387. The van der Waals surface area contributed by atoms with Crippen molar-refractivity contribution in [3.8, 4) is 17.2 Å². The van der Waals surface area contributed by atoms with Gasteiger partial charge in [0.2, 0.25) is 5.75 Å². The van der Waals surface area contributed by atoms with E-state index < -0.39 is 16.2 Å². The van der Waals surface area contributed by atoms with Crippen LogP contribution in [0, 0.1) is 10.1 Å². The van der Waals surface area contributed by atoms with Crippen molar-refractivity contribution in [3.63, 3.8) is 0 Å². The number of hydrogen-bond donors (Lipinski definition) is 0. The van der Waals surface area contributed by atoms with Crippen molar-refractivity contribution in [2.75, 3.05) is 0 Å². The normalized spacial score (nSPS) is 10.7. The molecule has 0 bridgehead atoms. The quantitative estimate of drug-likeness (QED) is 0.392. The molecule has 0 amide bonds. The Hall–Kier alpha value is -3.93. The minimum absolute atomic E-state index is 0.0565. The first-order valence-electron chi connectivity index (χ1n) is 8.27. The molecule has 27 heavy (non-hydrogen) atoms. The molecule has 4 aromatic rings. The molecule has 0 saturated heterocycles. The van der Waals surface area contributed by atoms with E-state index in [-0.39, 0.29) is 5.75 Å². The Labute approximate surface area is 154 Å². The molecule has 0 aliphatic rings. The Balaban J connectivity index is 2.09. The molecule has 1 heterocycles. The molecule has 0 N–H and O–H groups in total. The van der Waals surface area contributed by atoms with Crippen LogP contribution in [0.5, 0.6) is 11.5 Å². The first-order valence-corrected chi connectivity index (χ1v) is 8.27. The SMILES string of the molecule is O=c1c([N+](=O)[O-])c(Oc2ccccc2)c2ccccc2n1-c1ccccc1. The summed E-state index contributed by atoms with van der Waals surface area (Å²) in [4.78, 5) is 24.2. The molecule has 0 atom stereocenters. The molecule has 0 spiro atoms. The van der Waals surface area contributed by atoms with Crippen molar-refractivity contribution in [1.29, 1.82) is 0 Å². The predicted molar refractivity (Wildman–Crippen MR) is 103 cm³/mol. The van der Waals surface area contributed by atoms with Gasteiger partial charge in [-0.15, -0.1) is 0 Å². The third-order valence-electron chi connectivity index (χ3n) is 4.17. The van der Waals surface area contributed by atoms with Gasteiger partial charge in [-0.25, -0.2) is 0 Å². The van der Waals surface area contributed by atoms with E-state index in [0.717, 1.165) is 0 Å². The summed E-state index contributed by atoms with van der Waals surface area (Å²) in [7, 11) is 0. The average Bonchev–Trinajstić information content (AvgIpc) is 2.69. The highest BCUT2D eigenvalue weighted by molar-refractivity contribution is 5.90. The molecule has 3 aromatic carbocycles. The van der Waals surface area contributed by atoms with Crippen LogP contribution in [0.1, 0.15) is 0 Å². The molecular formula is C21H14N2O4. The second kappa shape index (κ2) is 6.76. The van der Waals surface area contributed by atoms with Gasteiger partial charge in [0.25, 0.3) is 0 Å². The molecule has 0 aliphatic heterocycles. The van der Waals surface area contributed by atoms with Crippen LogP contribution in [0.2, 0.25) is 0 Å². The molecule has 0 unspecified atom stereocenters. The highest BCUT2D eigenvalue weighted by Crippen LogP contribution is 2.36. The van der Waals surface area contributed by atoms with Gasteiger partial charge in [0, 0.05) is 11.1 Å². The summed E-state index contributed by atoms with van der Waals surface area (Å²) in [5, 5.41) is 12.3. The third kappa shape index (κ3) is 2.93. The minimum Gasteiger partial charge on any atom is -0.449 e. The van der Waals surface area contributed by atoms with Gasteiger partial charge in [-0.3, -0.25) is 19.5 Å². The number of fused-ring (bicyclic) bond motifs is 1. The summed E-state index contributed by atoms with van der Waals surface area (Å²) in [6, 6.07) is 24.5. The van der Waals surface area contributed by atoms with Crippen LogP contribution in [0.25, 0.3) is 16.6 Å².